The highest BCUT2D eigenvalue weighted by Crippen LogP contribution is 2.08. The van der Waals surface area contributed by atoms with E-state index in [9.17, 15) is 34.4 Å². The maximum Gasteiger partial charge on any atom is 0.351 e. The van der Waals surface area contributed by atoms with Gasteiger partial charge in [-0.15, -0.1) is 0 Å². The summed E-state index contributed by atoms with van der Waals surface area (Å²) in [6, 6.07) is 0. The van der Waals surface area contributed by atoms with Gasteiger partial charge >= 0.3 is 11.5 Å². The number of hydrogen-bond donors (Lipinski definition) is 1. The number of alkyl halides is 4. The average molecular weight is 245 g/mol. The number of nitrogens with one attached hydrogen (secondary N) is 1. The minimum atomic E-state index is -5.55. The van der Waals surface area contributed by atoms with Crippen LogP contribution in [0.5, 0.6) is 0 Å². The highest BCUT2D eigenvalue weighted by atomic mass is 32.3. The number of halogens is 4. The summed E-state index contributed by atoms with van der Waals surface area (Å²) in [5.41, 5.74) is 0. The third-order valence-electron chi connectivity index (χ3n) is 0.701. The first kappa shape index (κ1) is 12.6. The lowest BCUT2D eigenvalue weighted by molar-refractivity contribution is 0.228. The number of sulfonamides is 2. The Bertz CT molecular complexity index is 322. The monoisotopic (exact) mass is 245 g/mol. The first-order valence-corrected chi connectivity index (χ1v) is 5.51. The van der Waals surface area contributed by atoms with E-state index in [0.717, 1.165) is 0 Å². The van der Waals surface area contributed by atoms with Gasteiger partial charge in [-0.05, 0) is 0 Å². The van der Waals surface area contributed by atoms with Crippen LogP contribution in [-0.2, 0) is 20.0 Å². The number of rotatable bonds is 4. The summed E-state index contributed by atoms with van der Waals surface area (Å²) in [6.45, 7) is 0. The Morgan fingerprint density at radius 3 is 1.15 bits per heavy atom. The lowest BCUT2D eigenvalue weighted by Crippen LogP contribution is -2.38. The second kappa shape index (κ2) is 3.75. The summed E-state index contributed by atoms with van der Waals surface area (Å²) in [7, 11) is -11.1. The predicted octanol–water partition coefficient (Wildman–Crippen LogP) is -0.319. The fraction of sp³-hybridized carbons (Fsp3) is 1.00. The van der Waals surface area contributed by atoms with Crippen molar-refractivity contribution in [1.82, 2.24) is 4.13 Å². The van der Waals surface area contributed by atoms with Crippen LogP contribution in [0.15, 0.2) is 0 Å². The third kappa shape index (κ3) is 3.44. The van der Waals surface area contributed by atoms with Crippen molar-refractivity contribution in [2.24, 2.45) is 0 Å². The van der Waals surface area contributed by atoms with Crippen molar-refractivity contribution in [2.75, 3.05) is 0 Å². The molecule has 80 valence electrons. The van der Waals surface area contributed by atoms with Crippen molar-refractivity contribution >= 4 is 20.0 Å². The fourth-order valence-corrected chi connectivity index (χ4v) is 2.11. The molecule has 0 fully saturated rings. The smallest absolute Gasteiger partial charge is 0.205 e. The zero-order valence-electron chi connectivity index (χ0n) is 5.62. The number of hydrogen-bond acceptors (Lipinski definition) is 4. The van der Waals surface area contributed by atoms with Crippen molar-refractivity contribution < 1.29 is 34.4 Å². The second-order valence-electron chi connectivity index (χ2n) is 1.69. The van der Waals surface area contributed by atoms with Gasteiger partial charge in [0.2, 0.25) is 0 Å². The molecule has 5 nitrogen and oxygen atoms in total. The maximum absolute atomic E-state index is 11.4. The molecule has 0 heterocycles. The van der Waals surface area contributed by atoms with Crippen molar-refractivity contribution in [1.29, 1.82) is 0 Å². The molecule has 0 aliphatic rings. The summed E-state index contributed by atoms with van der Waals surface area (Å²) in [5.74, 6) is -8.16. The van der Waals surface area contributed by atoms with Gasteiger partial charge < -0.3 is 0 Å². The van der Waals surface area contributed by atoms with Gasteiger partial charge in [0.25, 0.3) is 20.0 Å². The van der Waals surface area contributed by atoms with Crippen LogP contribution < -0.4 is 4.13 Å². The van der Waals surface area contributed by atoms with Crippen molar-refractivity contribution in [3.05, 3.63) is 0 Å². The molecule has 13 heavy (non-hydrogen) atoms. The van der Waals surface area contributed by atoms with Gasteiger partial charge in [-0.1, -0.05) is 4.13 Å². The van der Waals surface area contributed by atoms with Gasteiger partial charge in [0.15, 0.2) is 0 Å². The molecule has 0 aliphatic carbocycles. The quantitative estimate of drug-likeness (QED) is 0.688. The Kier molecular flexibility index (Phi) is 3.63. The standard InChI is InChI=1S/C2H3F4NO4S2/c3-1(4)12(8,9)7-13(10,11)2(5)6/h1-2,7H. The van der Waals surface area contributed by atoms with Crippen LogP contribution in [0.3, 0.4) is 0 Å². The zero-order valence-corrected chi connectivity index (χ0v) is 7.25. The van der Waals surface area contributed by atoms with Crippen LogP contribution in [0.2, 0.25) is 0 Å². The molecule has 0 atom stereocenters. The molecule has 0 aliphatic heterocycles. The van der Waals surface area contributed by atoms with Crippen LogP contribution in [0.25, 0.3) is 0 Å². The zero-order chi connectivity index (χ0) is 10.9. The van der Waals surface area contributed by atoms with E-state index in [0.29, 0.717) is 0 Å². The van der Waals surface area contributed by atoms with Crippen LogP contribution in [0.4, 0.5) is 17.6 Å². The van der Waals surface area contributed by atoms with Gasteiger partial charge in [-0.3, -0.25) is 0 Å². The van der Waals surface area contributed by atoms with E-state index < -0.39 is 31.6 Å². The Morgan fingerprint density at radius 2 is 1.00 bits per heavy atom. The van der Waals surface area contributed by atoms with Crippen LogP contribution >= 0.6 is 0 Å². The molecule has 0 aromatic carbocycles. The van der Waals surface area contributed by atoms with Crippen LogP contribution in [0, 0.1) is 0 Å². The SMILES string of the molecule is O=S(=O)(NS(=O)(=O)C(F)F)C(F)F. The average Bonchev–Trinajstić information content (AvgIpc) is 1.83. The van der Waals surface area contributed by atoms with Gasteiger partial charge in [-0.25, -0.2) is 16.8 Å². The molecule has 0 rings (SSSR count). The predicted molar refractivity (Wildman–Crippen MR) is 33.0 cm³/mol. The maximum atomic E-state index is 11.4. The molecule has 0 spiro atoms. The molecule has 0 unspecified atom stereocenters. The summed E-state index contributed by atoms with van der Waals surface area (Å²) >= 11 is 0. The van der Waals surface area contributed by atoms with Crippen LogP contribution in [0.1, 0.15) is 0 Å². The lowest BCUT2D eigenvalue weighted by atomic mass is 11.7. The highest BCUT2D eigenvalue weighted by Gasteiger charge is 2.34. The van der Waals surface area contributed by atoms with Gasteiger partial charge in [-0.2, -0.15) is 17.6 Å². The van der Waals surface area contributed by atoms with Crippen LogP contribution in [-0.4, -0.2) is 28.4 Å². The minimum Gasteiger partial charge on any atom is -0.205 e. The molecular weight excluding hydrogens is 242 g/mol. The second-order valence-corrected chi connectivity index (χ2v) is 5.25. The minimum absolute atomic E-state index is 0.176. The fourth-order valence-electron chi connectivity index (χ4n) is 0.235. The Morgan fingerprint density at radius 1 is 0.769 bits per heavy atom. The topological polar surface area (TPSA) is 80.3 Å². The molecule has 11 heteroatoms. The Hall–Kier alpha value is -0.420. The van der Waals surface area contributed by atoms with Gasteiger partial charge in [0, 0.05) is 0 Å². The summed E-state index contributed by atoms with van der Waals surface area (Å²) in [4.78, 5) is 0. The molecule has 0 amide bonds. The molecule has 0 aromatic rings. The summed E-state index contributed by atoms with van der Waals surface area (Å²) < 4.78 is 86.3. The van der Waals surface area contributed by atoms with Crippen molar-refractivity contribution in [2.45, 2.75) is 11.5 Å². The van der Waals surface area contributed by atoms with E-state index in [1.165, 1.54) is 0 Å². The van der Waals surface area contributed by atoms with E-state index in [2.05, 4.69) is 0 Å². The van der Waals surface area contributed by atoms with E-state index >= 15 is 0 Å². The van der Waals surface area contributed by atoms with E-state index in [1.807, 2.05) is 0 Å². The molecule has 0 saturated heterocycles. The van der Waals surface area contributed by atoms with Crippen molar-refractivity contribution in [3.8, 4) is 0 Å². The van der Waals surface area contributed by atoms with E-state index in [1.54, 1.807) is 0 Å². The largest absolute Gasteiger partial charge is 0.351 e. The van der Waals surface area contributed by atoms with Crippen molar-refractivity contribution in [3.63, 3.8) is 0 Å². The lowest BCUT2D eigenvalue weighted by Gasteiger charge is -2.04. The normalized spacial score (nSPS) is 14.0. The molecule has 0 saturated carbocycles. The first-order chi connectivity index (χ1) is 5.59. The Balaban J connectivity index is 4.86. The highest BCUT2D eigenvalue weighted by molar-refractivity contribution is 8.04. The van der Waals surface area contributed by atoms with E-state index in [4.69, 9.17) is 0 Å². The molecule has 0 aromatic heterocycles. The van der Waals surface area contributed by atoms with E-state index in [-0.39, 0.29) is 4.13 Å². The first-order valence-electron chi connectivity index (χ1n) is 2.42. The third-order valence-corrected chi connectivity index (χ3v) is 3.50. The van der Waals surface area contributed by atoms with Gasteiger partial charge in [0.05, 0.1) is 0 Å². The molecule has 1 N–H and O–H groups in total. The molecular formula is C2H3F4NO4S2. The van der Waals surface area contributed by atoms with Gasteiger partial charge in [0.1, 0.15) is 0 Å². The Labute approximate surface area is 70.8 Å². The summed E-state index contributed by atoms with van der Waals surface area (Å²) in [5, 5.41) is 0. The molecule has 0 bridgehead atoms. The summed E-state index contributed by atoms with van der Waals surface area (Å²) in [6.07, 6.45) is 0. The molecule has 0 radical (unpaired) electrons.